The summed E-state index contributed by atoms with van der Waals surface area (Å²) in [6, 6.07) is 5.37. The van der Waals surface area contributed by atoms with Crippen molar-refractivity contribution in [1.29, 1.82) is 0 Å². The lowest BCUT2D eigenvalue weighted by Gasteiger charge is -2.35. The summed E-state index contributed by atoms with van der Waals surface area (Å²) in [7, 11) is 4.06. The van der Waals surface area contributed by atoms with E-state index in [1.54, 1.807) is 23.5 Å². The minimum Gasteiger partial charge on any atom is -0.315 e. The molecular weight excluding hydrogens is 283 g/mol. The van der Waals surface area contributed by atoms with E-state index in [-0.39, 0.29) is 11.4 Å². The van der Waals surface area contributed by atoms with Crippen molar-refractivity contribution in [1.82, 2.24) is 10.2 Å². The zero-order chi connectivity index (χ0) is 15.6. The predicted molar refractivity (Wildman–Crippen MR) is 90.4 cm³/mol. The molecule has 0 spiro atoms. The second-order valence-electron chi connectivity index (χ2n) is 6.17. The zero-order valence-electron chi connectivity index (χ0n) is 13.6. The van der Waals surface area contributed by atoms with Gasteiger partial charge in [-0.05, 0) is 52.1 Å². The number of hydrogen-bond acceptors (Lipinski definition) is 3. The highest BCUT2D eigenvalue weighted by atomic mass is 32.1. The van der Waals surface area contributed by atoms with E-state index in [1.807, 2.05) is 13.1 Å². The van der Waals surface area contributed by atoms with Crippen molar-refractivity contribution < 1.29 is 4.39 Å². The van der Waals surface area contributed by atoms with Crippen molar-refractivity contribution in [2.45, 2.75) is 45.8 Å². The van der Waals surface area contributed by atoms with Gasteiger partial charge in [-0.15, -0.1) is 11.3 Å². The van der Waals surface area contributed by atoms with Crippen LogP contribution in [-0.4, -0.2) is 24.5 Å². The summed E-state index contributed by atoms with van der Waals surface area (Å²) in [6.45, 7) is 8.22. The quantitative estimate of drug-likeness (QED) is 0.852. The number of benzene rings is 1. The van der Waals surface area contributed by atoms with E-state index < -0.39 is 0 Å². The molecule has 0 unspecified atom stereocenters. The summed E-state index contributed by atoms with van der Waals surface area (Å²) in [5, 5.41) is 4.00. The number of nitrogens with zero attached hydrogens (tertiary/aromatic N) is 1. The lowest BCUT2D eigenvalue weighted by molar-refractivity contribution is 0.143. The van der Waals surface area contributed by atoms with Crippen LogP contribution in [0.25, 0.3) is 10.1 Å². The number of hydrogen-bond donors (Lipinski definition) is 1. The Morgan fingerprint density at radius 2 is 2.05 bits per heavy atom. The molecular formula is C17H25FN2S. The van der Waals surface area contributed by atoms with E-state index in [0.29, 0.717) is 0 Å². The van der Waals surface area contributed by atoms with Gasteiger partial charge in [0.05, 0.1) is 0 Å². The van der Waals surface area contributed by atoms with Crippen LogP contribution in [0.2, 0.25) is 0 Å². The normalized spacial score (nSPS) is 12.5. The monoisotopic (exact) mass is 308 g/mol. The van der Waals surface area contributed by atoms with Crippen molar-refractivity contribution >= 4 is 21.4 Å². The first-order valence-corrected chi connectivity index (χ1v) is 8.27. The third kappa shape index (κ3) is 3.28. The molecule has 0 atom stereocenters. The molecule has 0 bridgehead atoms. The molecule has 0 aliphatic heterocycles. The second-order valence-corrected chi connectivity index (χ2v) is 7.31. The van der Waals surface area contributed by atoms with E-state index in [4.69, 9.17) is 0 Å². The van der Waals surface area contributed by atoms with Crippen LogP contribution in [-0.2, 0) is 13.1 Å². The Balaban J connectivity index is 2.47. The highest BCUT2D eigenvalue weighted by molar-refractivity contribution is 7.19. The van der Waals surface area contributed by atoms with Crippen molar-refractivity contribution in [2.75, 3.05) is 14.1 Å². The Labute approximate surface area is 131 Å². The van der Waals surface area contributed by atoms with Gasteiger partial charge < -0.3 is 5.32 Å². The van der Waals surface area contributed by atoms with Crippen molar-refractivity contribution in [3.8, 4) is 0 Å². The van der Waals surface area contributed by atoms with Gasteiger partial charge in [0.2, 0.25) is 0 Å². The maximum Gasteiger partial charge on any atom is 0.132 e. The van der Waals surface area contributed by atoms with Crippen LogP contribution in [0.1, 0.15) is 37.6 Å². The van der Waals surface area contributed by atoms with Crippen LogP contribution < -0.4 is 5.32 Å². The fraction of sp³-hybridized carbons (Fsp3) is 0.529. The topological polar surface area (TPSA) is 15.3 Å². The molecule has 4 heteroatoms. The Morgan fingerprint density at radius 1 is 1.33 bits per heavy atom. The molecule has 2 nitrogen and oxygen atoms in total. The maximum absolute atomic E-state index is 14.3. The summed E-state index contributed by atoms with van der Waals surface area (Å²) >= 11 is 1.69. The summed E-state index contributed by atoms with van der Waals surface area (Å²) < 4.78 is 15.3. The molecule has 0 radical (unpaired) electrons. The minimum atomic E-state index is -0.108. The summed E-state index contributed by atoms with van der Waals surface area (Å²) in [5.74, 6) is -0.108. The van der Waals surface area contributed by atoms with Crippen LogP contribution in [0.5, 0.6) is 0 Å². The third-order valence-corrected chi connectivity index (χ3v) is 5.68. The van der Waals surface area contributed by atoms with Gasteiger partial charge in [-0.3, -0.25) is 4.90 Å². The first-order chi connectivity index (χ1) is 9.90. The average molecular weight is 308 g/mol. The van der Waals surface area contributed by atoms with Gasteiger partial charge in [0.1, 0.15) is 5.82 Å². The molecule has 2 aromatic rings. The van der Waals surface area contributed by atoms with Crippen molar-refractivity contribution in [2.24, 2.45) is 0 Å². The minimum absolute atomic E-state index is 0.108. The van der Waals surface area contributed by atoms with Crippen LogP contribution in [0, 0.1) is 5.82 Å². The molecule has 0 aliphatic carbocycles. The number of rotatable bonds is 6. The van der Waals surface area contributed by atoms with E-state index in [0.717, 1.165) is 35.2 Å². The fourth-order valence-electron chi connectivity index (χ4n) is 2.41. The molecule has 116 valence electrons. The molecule has 0 fully saturated rings. The Hall–Kier alpha value is -0.970. The van der Waals surface area contributed by atoms with Crippen LogP contribution in [0.4, 0.5) is 4.39 Å². The fourth-order valence-corrected chi connectivity index (χ4v) is 3.65. The van der Waals surface area contributed by atoms with E-state index in [9.17, 15) is 4.39 Å². The standard InChI is InChI=1S/C17H25FN2S/c1-6-17(2,3)20(5)11-12-15(10-19-4)21-14-9-7-8-13(18)16(12)14/h7-9,19H,6,10-11H2,1-5H3. The van der Waals surface area contributed by atoms with Gasteiger partial charge in [-0.1, -0.05) is 13.0 Å². The number of nitrogens with one attached hydrogen (secondary N) is 1. The molecule has 1 aromatic heterocycles. The lowest BCUT2D eigenvalue weighted by Crippen LogP contribution is -2.40. The molecule has 1 heterocycles. The zero-order valence-corrected chi connectivity index (χ0v) is 14.4. The largest absolute Gasteiger partial charge is 0.315 e. The molecule has 1 N–H and O–H groups in total. The Bertz CT molecular complexity index is 619. The molecule has 1 aromatic carbocycles. The number of halogens is 1. The number of fused-ring (bicyclic) bond motifs is 1. The molecule has 2 rings (SSSR count). The van der Waals surface area contributed by atoms with Gasteiger partial charge in [0, 0.05) is 33.6 Å². The maximum atomic E-state index is 14.3. The Kier molecular flexibility index (Phi) is 5.02. The first-order valence-electron chi connectivity index (χ1n) is 7.45. The lowest BCUT2D eigenvalue weighted by atomic mass is 9.98. The summed E-state index contributed by atoms with van der Waals surface area (Å²) in [6.07, 6.45) is 1.06. The van der Waals surface area contributed by atoms with Gasteiger partial charge in [0.25, 0.3) is 0 Å². The average Bonchev–Trinajstić information content (AvgIpc) is 2.78. The Morgan fingerprint density at radius 3 is 2.67 bits per heavy atom. The molecule has 21 heavy (non-hydrogen) atoms. The van der Waals surface area contributed by atoms with Crippen LogP contribution >= 0.6 is 11.3 Å². The smallest absolute Gasteiger partial charge is 0.132 e. The van der Waals surface area contributed by atoms with Crippen molar-refractivity contribution in [3.63, 3.8) is 0 Å². The van der Waals surface area contributed by atoms with Crippen LogP contribution in [0.15, 0.2) is 18.2 Å². The summed E-state index contributed by atoms with van der Waals surface area (Å²) in [5.41, 5.74) is 1.24. The molecule has 0 saturated heterocycles. The first kappa shape index (κ1) is 16.4. The number of thiophene rings is 1. The van der Waals surface area contributed by atoms with Crippen LogP contribution in [0.3, 0.4) is 0 Å². The second kappa shape index (κ2) is 6.42. The predicted octanol–water partition coefficient (Wildman–Crippen LogP) is 4.38. The summed E-state index contributed by atoms with van der Waals surface area (Å²) in [4.78, 5) is 3.55. The highest BCUT2D eigenvalue weighted by Gasteiger charge is 2.24. The van der Waals surface area contributed by atoms with E-state index >= 15 is 0 Å². The van der Waals surface area contributed by atoms with Gasteiger partial charge in [-0.25, -0.2) is 4.39 Å². The third-order valence-electron chi connectivity index (χ3n) is 4.48. The van der Waals surface area contributed by atoms with E-state index in [2.05, 4.69) is 38.0 Å². The van der Waals surface area contributed by atoms with E-state index in [1.165, 1.54) is 4.88 Å². The van der Waals surface area contributed by atoms with Crippen molar-refractivity contribution in [3.05, 3.63) is 34.5 Å². The van der Waals surface area contributed by atoms with Gasteiger partial charge in [-0.2, -0.15) is 0 Å². The molecule has 0 amide bonds. The van der Waals surface area contributed by atoms with Gasteiger partial charge >= 0.3 is 0 Å². The van der Waals surface area contributed by atoms with Gasteiger partial charge in [0.15, 0.2) is 0 Å². The molecule has 0 saturated carbocycles. The highest BCUT2D eigenvalue weighted by Crippen LogP contribution is 2.35. The molecule has 0 aliphatic rings. The SMILES string of the molecule is CCC(C)(C)N(C)Cc1c(CNC)sc2cccc(F)c12.